The zero-order valence-corrected chi connectivity index (χ0v) is 18.9. The predicted octanol–water partition coefficient (Wildman–Crippen LogP) is 4.74. The van der Waals surface area contributed by atoms with Gasteiger partial charge in [0.1, 0.15) is 30.0 Å². The highest BCUT2D eigenvalue weighted by Crippen LogP contribution is 2.21. The number of amides is 1. The summed E-state index contributed by atoms with van der Waals surface area (Å²) in [4.78, 5) is 27.9. The number of hydrogen-bond donors (Lipinski definition) is 2. The zero-order valence-electron chi connectivity index (χ0n) is 18.9. The van der Waals surface area contributed by atoms with Crippen LogP contribution in [0.1, 0.15) is 52.9 Å². The molecule has 0 fully saturated rings. The Morgan fingerprint density at radius 3 is 1.90 bits per heavy atom. The van der Waals surface area contributed by atoms with E-state index in [9.17, 15) is 4.79 Å². The van der Waals surface area contributed by atoms with Crippen molar-refractivity contribution in [3.63, 3.8) is 0 Å². The first-order chi connectivity index (χ1) is 14.4. The molecule has 3 N–H and O–H groups in total. The summed E-state index contributed by atoms with van der Waals surface area (Å²) >= 11 is 0. The highest BCUT2D eigenvalue weighted by molar-refractivity contribution is 5.85. The standard InChI is InChI=1S/C15H17N3O2.C8H13N3/c1-15(2,3)12-9-13(17-10-16-12)18-14(19)20-11-7-5-4-6-8-11;1-8(2,3)6-4-7(9)11-5-10-6/h4-10H,1-3H3,(H,16,17,18,19);4-5H,1-3H3,(H2,9,10,11). The quantitative estimate of drug-likeness (QED) is 0.612. The van der Waals surface area contributed by atoms with Crippen molar-refractivity contribution >= 4 is 17.7 Å². The van der Waals surface area contributed by atoms with Gasteiger partial charge in [0.05, 0.1) is 11.4 Å². The van der Waals surface area contributed by atoms with E-state index < -0.39 is 6.09 Å². The number of nitrogens with zero attached hydrogens (tertiary/aromatic N) is 4. The first-order valence-corrected chi connectivity index (χ1v) is 9.89. The van der Waals surface area contributed by atoms with Crippen LogP contribution < -0.4 is 15.8 Å². The Balaban J connectivity index is 0.000000262. The Bertz CT molecular complexity index is 995. The number of hydrogen-bond acceptors (Lipinski definition) is 7. The lowest BCUT2D eigenvalue weighted by molar-refractivity contribution is 0.215. The van der Waals surface area contributed by atoms with Crippen molar-refractivity contribution < 1.29 is 9.53 Å². The SMILES string of the molecule is CC(C)(C)c1cc(N)ncn1.CC(C)(C)c1cc(NC(=O)Oc2ccccc2)ncn1. The van der Waals surface area contributed by atoms with Gasteiger partial charge in [0.25, 0.3) is 0 Å². The van der Waals surface area contributed by atoms with Crippen LogP contribution in [0.2, 0.25) is 0 Å². The van der Waals surface area contributed by atoms with Gasteiger partial charge in [-0.3, -0.25) is 5.32 Å². The maximum Gasteiger partial charge on any atom is 0.418 e. The summed E-state index contributed by atoms with van der Waals surface area (Å²) in [6.45, 7) is 12.4. The van der Waals surface area contributed by atoms with Crippen molar-refractivity contribution in [3.8, 4) is 5.75 Å². The highest BCUT2D eigenvalue weighted by atomic mass is 16.6. The first kappa shape index (κ1) is 23.7. The van der Waals surface area contributed by atoms with E-state index >= 15 is 0 Å². The summed E-state index contributed by atoms with van der Waals surface area (Å²) < 4.78 is 5.13. The molecular formula is C23H30N6O2. The van der Waals surface area contributed by atoms with Crippen molar-refractivity contribution in [2.24, 2.45) is 0 Å². The molecule has 0 bridgehead atoms. The van der Waals surface area contributed by atoms with E-state index in [1.807, 2.05) is 26.8 Å². The molecule has 8 nitrogen and oxygen atoms in total. The Morgan fingerprint density at radius 1 is 0.839 bits per heavy atom. The minimum absolute atomic E-state index is 0.0526. The third kappa shape index (κ3) is 8.00. The molecule has 2 heterocycles. The van der Waals surface area contributed by atoms with Crippen LogP contribution >= 0.6 is 0 Å². The molecule has 31 heavy (non-hydrogen) atoms. The van der Waals surface area contributed by atoms with Crippen LogP contribution in [0, 0.1) is 0 Å². The number of aromatic nitrogens is 4. The molecule has 1 aromatic carbocycles. The number of nitrogens with one attached hydrogen (secondary N) is 1. The van der Waals surface area contributed by atoms with Gasteiger partial charge in [-0.1, -0.05) is 59.7 Å². The molecule has 0 spiro atoms. The van der Waals surface area contributed by atoms with E-state index in [0.29, 0.717) is 17.4 Å². The number of benzene rings is 1. The molecule has 1 amide bonds. The van der Waals surface area contributed by atoms with Gasteiger partial charge in [-0.15, -0.1) is 0 Å². The van der Waals surface area contributed by atoms with E-state index in [4.69, 9.17) is 10.5 Å². The smallest absolute Gasteiger partial charge is 0.410 e. The normalized spacial score (nSPS) is 11.2. The van der Waals surface area contributed by atoms with E-state index in [-0.39, 0.29) is 10.8 Å². The summed E-state index contributed by atoms with van der Waals surface area (Å²) in [5, 5.41) is 2.59. The Morgan fingerprint density at radius 2 is 1.39 bits per heavy atom. The van der Waals surface area contributed by atoms with Crippen LogP contribution in [-0.2, 0) is 10.8 Å². The number of nitrogen functional groups attached to an aromatic ring is 1. The van der Waals surface area contributed by atoms with Crippen LogP contribution in [0.3, 0.4) is 0 Å². The van der Waals surface area contributed by atoms with Crippen molar-refractivity contribution in [3.05, 3.63) is 66.5 Å². The van der Waals surface area contributed by atoms with Gasteiger partial charge in [0.2, 0.25) is 0 Å². The van der Waals surface area contributed by atoms with Crippen LogP contribution in [0.15, 0.2) is 55.1 Å². The summed E-state index contributed by atoms with van der Waals surface area (Å²) in [7, 11) is 0. The molecule has 0 aliphatic heterocycles. The van der Waals surface area contributed by atoms with Gasteiger partial charge in [0, 0.05) is 23.0 Å². The minimum Gasteiger partial charge on any atom is -0.410 e. The molecule has 0 aliphatic carbocycles. The highest BCUT2D eigenvalue weighted by Gasteiger charge is 2.17. The Kier molecular flexibility index (Phi) is 7.63. The lowest BCUT2D eigenvalue weighted by Gasteiger charge is -2.17. The van der Waals surface area contributed by atoms with Crippen molar-refractivity contribution in [2.45, 2.75) is 52.4 Å². The van der Waals surface area contributed by atoms with Gasteiger partial charge in [0.15, 0.2) is 0 Å². The molecule has 164 valence electrons. The molecule has 0 aliphatic rings. The van der Waals surface area contributed by atoms with Crippen molar-refractivity contribution in [2.75, 3.05) is 11.1 Å². The largest absolute Gasteiger partial charge is 0.418 e. The van der Waals surface area contributed by atoms with E-state index in [2.05, 4.69) is 46.0 Å². The fourth-order valence-corrected chi connectivity index (χ4v) is 2.34. The summed E-state index contributed by atoms with van der Waals surface area (Å²) in [6.07, 6.45) is 2.35. The molecule has 0 saturated heterocycles. The molecule has 3 aromatic rings. The average molecular weight is 423 g/mol. The first-order valence-electron chi connectivity index (χ1n) is 9.89. The third-order valence-electron chi connectivity index (χ3n) is 4.08. The van der Waals surface area contributed by atoms with Crippen LogP contribution in [0.25, 0.3) is 0 Å². The van der Waals surface area contributed by atoms with Gasteiger partial charge in [-0.25, -0.2) is 24.7 Å². The molecule has 3 rings (SSSR count). The fourth-order valence-electron chi connectivity index (χ4n) is 2.34. The zero-order chi connectivity index (χ0) is 23.1. The van der Waals surface area contributed by atoms with E-state index in [1.165, 1.54) is 12.7 Å². The van der Waals surface area contributed by atoms with Gasteiger partial charge >= 0.3 is 6.09 Å². The van der Waals surface area contributed by atoms with Gasteiger partial charge in [-0.2, -0.15) is 0 Å². The number of carbonyl (C=O) groups is 1. The molecule has 0 unspecified atom stereocenters. The third-order valence-corrected chi connectivity index (χ3v) is 4.08. The molecule has 0 atom stereocenters. The Hall–Kier alpha value is -3.55. The second-order valence-electron chi connectivity index (χ2n) is 8.94. The number of anilines is 2. The lowest BCUT2D eigenvalue weighted by Crippen LogP contribution is -2.19. The van der Waals surface area contributed by atoms with Gasteiger partial charge < -0.3 is 10.5 Å². The maximum absolute atomic E-state index is 11.7. The summed E-state index contributed by atoms with van der Waals surface area (Å²) in [6, 6.07) is 12.4. The maximum atomic E-state index is 11.7. The predicted molar refractivity (Wildman–Crippen MR) is 122 cm³/mol. The number of ether oxygens (including phenoxy) is 1. The van der Waals surface area contributed by atoms with Crippen molar-refractivity contribution in [1.29, 1.82) is 0 Å². The number of para-hydroxylation sites is 1. The van der Waals surface area contributed by atoms with Gasteiger partial charge in [-0.05, 0) is 12.1 Å². The molecule has 8 heteroatoms. The van der Waals surface area contributed by atoms with Crippen LogP contribution in [-0.4, -0.2) is 26.0 Å². The van der Waals surface area contributed by atoms with Crippen LogP contribution in [0.4, 0.5) is 16.4 Å². The molecule has 0 saturated carbocycles. The van der Waals surface area contributed by atoms with E-state index in [0.717, 1.165) is 11.4 Å². The summed E-state index contributed by atoms with van der Waals surface area (Å²) in [5.74, 6) is 1.44. The van der Waals surface area contributed by atoms with Crippen LogP contribution in [0.5, 0.6) is 5.75 Å². The topological polar surface area (TPSA) is 116 Å². The second-order valence-corrected chi connectivity index (χ2v) is 8.94. The number of rotatable bonds is 2. The lowest BCUT2D eigenvalue weighted by atomic mass is 9.92. The number of carbonyl (C=O) groups excluding carboxylic acids is 1. The minimum atomic E-state index is -0.574. The average Bonchev–Trinajstić information content (AvgIpc) is 2.68. The monoisotopic (exact) mass is 422 g/mol. The van der Waals surface area contributed by atoms with Crippen molar-refractivity contribution in [1.82, 2.24) is 19.9 Å². The second kappa shape index (κ2) is 9.97. The molecular weight excluding hydrogens is 392 g/mol. The number of nitrogens with two attached hydrogens (primary N) is 1. The molecule has 0 radical (unpaired) electrons. The van der Waals surface area contributed by atoms with E-state index in [1.54, 1.807) is 36.4 Å². The Labute approximate surface area is 183 Å². The summed E-state index contributed by atoms with van der Waals surface area (Å²) in [5.41, 5.74) is 7.27. The fraction of sp³-hybridized carbons (Fsp3) is 0.348. The molecule has 2 aromatic heterocycles.